The van der Waals surface area contributed by atoms with Gasteiger partial charge in [-0.05, 0) is 13.3 Å². The molecule has 0 bridgehead atoms. The van der Waals surface area contributed by atoms with E-state index >= 15 is 0 Å². The fourth-order valence-corrected chi connectivity index (χ4v) is 3.65. The number of benzene rings is 1. The summed E-state index contributed by atoms with van der Waals surface area (Å²) in [5.74, 6) is -0.196. The molecule has 25 heavy (non-hydrogen) atoms. The molecule has 0 fully saturated rings. The van der Waals surface area contributed by atoms with Crippen molar-refractivity contribution < 1.29 is 33.6 Å². The largest absolute Gasteiger partial charge is 0.496 e. The van der Waals surface area contributed by atoms with E-state index in [4.69, 9.17) is 18.9 Å². The van der Waals surface area contributed by atoms with Crippen molar-refractivity contribution in [2.75, 3.05) is 28.4 Å². The normalized spacial score (nSPS) is 22.2. The first kappa shape index (κ1) is 19.1. The van der Waals surface area contributed by atoms with Crippen LogP contribution in [0.5, 0.6) is 17.2 Å². The van der Waals surface area contributed by atoms with Crippen LogP contribution in [-0.2, 0) is 9.53 Å². The number of Topliss-reactive ketones (excluding diaryl/α,β-unsaturated/α-hetero) is 1. The number of esters is 1. The smallest absolute Gasteiger partial charge is 0.319 e. The first-order valence-corrected chi connectivity index (χ1v) is 7.98. The van der Waals surface area contributed by atoms with Gasteiger partial charge in [-0.25, -0.2) is 0 Å². The Balaban J connectivity index is 2.90. The topological polar surface area (TPSA) is 91.3 Å². The summed E-state index contributed by atoms with van der Waals surface area (Å²) in [6, 6.07) is 0. The van der Waals surface area contributed by atoms with Gasteiger partial charge in [-0.3, -0.25) is 9.59 Å². The van der Waals surface area contributed by atoms with Crippen LogP contribution in [0.1, 0.15) is 47.4 Å². The molecule has 7 nitrogen and oxygen atoms in total. The van der Waals surface area contributed by atoms with Crippen molar-refractivity contribution in [1.82, 2.24) is 0 Å². The number of ether oxygens (including phenoxy) is 4. The van der Waals surface area contributed by atoms with Crippen molar-refractivity contribution in [3.05, 3.63) is 16.7 Å². The molecule has 138 valence electrons. The van der Waals surface area contributed by atoms with E-state index in [9.17, 15) is 14.7 Å². The summed E-state index contributed by atoms with van der Waals surface area (Å²) >= 11 is 0. The van der Waals surface area contributed by atoms with Crippen LogP contribution in [0.15, 0.2) is 0 Å². The number of aliphatic hydroxyl groups excluding tert-OH is 1. The molecule has 1 unspecified atom stereocenters. The number of aliphatic hydroxyl groups is 1. The zero-order valence-corrected chi connectivity index (χ0v) is 15.4. The van der Waals surface area contributed by atoms with Crippen molar-refractivity contribution in [1.29, 1.82) is 0 Å². The summed E-state index contributed by atoms with van der Waals surface area (Å²) in [5, 5.41) is 10.8. The maximum Gasteiger partial charge on any atom is 0.319 e. The molecule has 2 atom stereocenters. The second kappa shape index (κ2) is 6.92. The Bertz CT molecular complexity index is 710. The number of rotatable bonds is 5. The number of hydrogen-bond acceptors (Lipinski definition) is 7. The van der Waals surface area contributed by atoms with Gasteiger partial charge in [0.15, 0.2) is 17.3 Å². The highest BCUT2D eigenvalue weighted by atomic mass is 16.5. The van der Waals surface area contributed by atoms with Crippen molar-refractivity contribution in [3.8, 4) is 17.2 Å². The Morgan fingerprint density at radius 3 is 2.12 bits per heavy atom. The lowest BCUT2D eigenvalue weighted by Gasteiger charge is -2.37. The number of methoxy groups -OCH3 is 4. The van der Waals surface area contributed by atoms with Crippen LogP contribution in [0.4, 0.5) is 0 Å². The highest BCUT2D eigenvalue weighted by molar-refractivity contribution is 6.16. The maximum absolute atomic E-state index is 13.3. The van der Waals surface area contributed by atoms with Gasteiger partial charge in [0.25, 0.3) is 0 Å². The second-order valence-electron chi connectivity index (χ2n) is 5.99. The average Bonchev–Trinajstić information content (AvgIpc) is 2.62. The molecule has 0 aromatic heterocycles. The molecule has 0 amide bonds. The first-order chi connectivity index (χ1) is 11.8. The van der Waals surface area contributed by atoms with E-state index in [1.54, 1.807) is 13.8 Å². The number of hydrogen-bond donors (Lipinski definition) is 1. The molecule has 0 aliphatic heterocycles. The zero-order valence-electron chi connectivity index (χ0n) is 15.4. The lowest BCUT2D eigenvalue weighted by molar-refractivity contribution is -0.152. The van der Waals surface area contributed by atoms with Gasteiger partial charge in [0, 0.05) is 17.5 Å². The van der Waals surface area contributed by atoms with Crippen LogP contribution >= 0.6 is 0 Å². The Kier molecular flexibility index (Phi) is 5.27. The number of carbonyl (C=O) groups is 2. The molecule has 0 radical (unpaired) electrons. The third-order valence-electron chi connectivity index (χ3n) is 4.96. The monoisotopic (exact) mass is 352 g/mol. The summed E-state index contributed by atoms with van der Waals surface area (Å²) in [6.07, 6.45) is -0.996. The predicted molar refractivity (Wildman–Crippen MR) is 89.5 cm³/mol. The summed E-state index contributed by atoms with van der Waals surface area (Å²) < 4.78 is 21.1. The Morgan fingerprint density at radius 2 is 1.68 bits per heavy atom. The van der Waals surface area contributed by atoms with Gasteiger partial charge in [0.2, 0.25) is 0 Å². The van der Waals surface area contributed by atoms with Crippen LogP contribution in [-0.4, -0.2) is 45.3 Å². The molecule has 1 N–H and O–H groups in total. The Labute approximate surface area is 146 Å². The van der Waals surface area contributed by atoms with Crippen LogP contribution < -0.4 is 14.2 Å². The maximum atomic E-state index is 13.3. The molecule has 1 aromatic rings. The van der Waals surface area contributed by atoms with Crippen LogP contribution in [0.2, 0.25) is 0 Å². The van der Waals surface area contributed by atoms with Gasteiger partial charge >= 0.3 is 5.97 Å². The van der Waals surface area contributed by atoms with Gasteiger partial charge in [0.1, 0.15) is 11.2 Å². The van der Waals surface area contributed by atoms with Crippen molar-refractivity contribution in [2.45, 2.75) is 32.8 Å². The molecule has 0 heterocycles. The van der Waals surface area contributed by atoms with Gasteiger partial charge in [0.05, 0.1) is 40.1 Å². The van der Waals surface area contributed by atoms with Crippen LogP contribution in [0.25, 0.3) is 0 Å². The minimum atomic E-state index is -1.46. The zero-order chi connectivity index (χ0) is 18.9. The minimum Gasteiger partial charge on any atom is -0.496 e. The molecule has 2 rings (SSSR count). The minimum absolute atomic E-state index is 0.0895. The number of ketones is 1. The summed E-state index contributed by atoms with van der Waals surface area (Å²) in [5.41, 5.74) is -0.484. The third kappa shape index (κ3) is 2.54. The Morgan fingerprint density at radius 1 is 1.12 bits per heavy atom. The van der Waals surface area contributed by atoms with E-state index in [-0.39, 0.29) is 35.5 Å². The van der Waals surface area contributed by atoms with E-state index in [1.165, 1.54) is 28.4 Å². The molecular weight excluding hydrogens is 328 g/mol. The van der Waals surface area contributed by atoms with Gasteiger partial charge in [-0.2, -0.15) is 0 Å². The summed E-state index contributed by atoms with van der Waals surface area (Å²) in [6.45, 7) is 3.44. The molecule has 0 saturated carbocycles. The average molecular weight is 352 g/mol. The second-order valence-corrected chi connectivity index (χ2v) is 5.99. The molecule has 1 aromatic carbocycles. The lowest BCUT2D eigenvalue weighted by atomic mass is 9.67. The quantitative estimate of drug-likeness (QED) is 0.641. The standard InChI is InChI=1S/C18H24O7/c1-7-18(17(21)25-6)8-10(19)11-12(16(18)20)13(22-3)9(2)14(23-4)15(11)24-5/h10,19H,7-8H2,1-6H3/t10?,18-/m1/s1. The van der Waals surface area contributed by atoms with Crippen LogP contribution in [0.3, 0.4) is 0 Å². The summed E-state index contributed by atoms with van der Waals surface area (Å²) in [7, 11) is 5.56. The molecule has 1 aliphatic rings. The highest BCUT2D eigenvalue weighted by Gasteiger charge is 2.54. The van der Waals surface area contributed by atoms with Gasteiger partial charge in [-0.1, -0.05) is 6.92 Å². The lowest BCUT2D eigenvalue weighted by Crippen LogP contribution is -2.45. The van der Waals surface area contributed by atoms with E-state index < -0.39 is 23.3 Å². The SMILES string of the molecule is CC[C@@]1(C(=O)OC)CC(O)c2c(OC)c(OC)c(C)c(OC)c2C1=O. The first-order valence-electron chi connectivity index (χ1n) is 7.98. The van der Waals surface area contributed by atoms with Crippen molar-refractivity contribution in [2.24, 2.45) is 5.41 Å². The van der Waals surface area contributed by atoms with E-state index in [0.29, 0.717) is 11.3 Å². The fraction of sp³-hybridized carbons (Fsp3) is 0.556. The Hall–Kier alpha value is -2.28. The van der Waals surface area contributed by atoms with Gasteiger partial charge in [-0.15, -0.1) is 0 Å². The molecule has 1 aliphatic carbocycles. The van der Waals surface area contributed by atoms with Gasteiger partial charge < -0.3 is 24.1 Å². The van der Waals surface area contributed by atoms with E-state index in [1.807, 2.05) is 0 Å². The highest BCUT2D eigenvalue weighted by Crippen LogP contribution is 2.54. The molecule has 0 saturated heterocycles. The molecular formula is C18H24O7. The third-order valence-corrected chi connectivity index (χ3v) is 4.96. The number of fused-ring (bicyclic) bond motifs is 1. The number of carbonyl (C=O) groups excluding carboxylic acids is 2. The van der Waals surface area contributed by atoms with E-state index in [0.717, 1.165) is 0 Å². The molecule has 7 heteroatoms. The van der Waals surface area contributed by atoms with E-state index in [2.05, 4.69) is 0 Å². The molecule has 0 spiro atoms. The van der Waals surface area contributed by atoms with Crippen molar-refractivity contribution >= 4 is 11.8 Å². The fourth-order valence-electron chi connectivity index (χ4n) is 3.65. The van der Waals surface area contributed by atoms with Crippen molar-refractivity contribution in [3.63, 3.8) is 0 Å². The van der Waals surface area contributed by atoms with Crippen LogP contribution in [0, 0.1) is 12.3 Å². The predicted octanol–water partition coefficient (Wildman–Crippen LogP) is 2.21. The summed E-state index contributed by atoms with van der Waals surface area (Å²) in [4.78, 5) is 25.7.